The molecule has 1 aromatic carbocycles. The average Bonchev–Trinajstić information content (AvgIpc) is 2.89. The van der Waals surface area contributed by atoms with E-state index in [2.05, 4.69) is 5.32 Å². The molecule has 1 aliphatic carbocycles. The Morgan fingerprint density at radius 3 is 2.53 bits per heavy atom. The van der Waals surface area contributed by atoms with Crippen molar-refractivity contribution in [3.8, 4) is 6.07 Å². The average molecular weight is 228 g/mol. The summed E-state index contributed by atoms with van der Waals surface area (Å²) in [6.45, 7) is 0.777. The summed E-state index contributed by atoms with van der Waals surface area (Å²) in [5.74, 6) is 0.610. The van der Waals surface area contributed by atoms with E-state index in [1.165, 1.54) is 25.7 Å². The Kier molecular flexibility index (Phi) is 3.77. The summed E-state index contributed by atoms with van der Waals surface area (Å²) in [5, 5.41) is 11.6. The molecule has 1 fully saturated rings. The van der Waals surface area contributed by atoms with Crippen molar-refractivity contribution in [2.45, 2.75) is 25.7 Å². The molecule has 2 rings (SSSR count). The first-order chi connectivity index (χ1) is 8.29. The number of hydrogen-bond donors (Lipinski definition) is 1. The van der Waals surface area contributed by atoms with E-state index >= 15 is 0 Å². The molecule has 1 aromatic rings. The molecule has 0 unspecified atom stereocenters. The van der Waals surface area contributed by atoms with Crippen LogP contribution in [0.25, 0.3) is 0 Å². The van der Waals surface area contributed by atoms with Crippen LogP contribution >= 0.6 is 0 Å². The highest BCUT2D eigenvalue weighted by Crippen LogP contribution is 2.23. The summed E-state index contributed by atoms with van der Waals surface area (Å²) in [5.41, 5.74) is 1.21. The standard InChI is InChI=1S/C14H16N2O/c15-9-11-5-7-13(8-6-11)14(17)16-10-12-3-1-2-4-12/h5-8,12H,1-4,10H2,(H,16,17). The predicted octanol–water partition coefficient (Wildman–Crippen LogP) is 2.48. The molecule has 17 heavy (non-hydrogen) atoms. The fourth-order valence-corrected chi connectivity index (χ4v) is 2.25. The van der Waals surface area contributed by atoms with Gasteiger partial charge in [0.2, 0.25) is 0 Å². The number of nitriles is 1. The van der Waals surface area contributed by atoms with E-state index in [1.54, 1.807) is 24.3 Å². The van der Waals surface area contributed by atoms with Gasteiger partial charge in [0.25, 0.3) is 5.91 Å². The van der Waals surface area contributed by atoms with E-state index in [4.69, 9.17) is 5.26 Å². The predicted molar refractivity (Wildman–Crippen MR) is 65.4 cm³/mol. The van der Waals surface area contributed by atoms with Crippen LogP contribution in [0.1, 0.15) is 41.6 Å². The SMILES string of the molecule is N#Cc1ccc(C(=O)NCC2CCCC2)cc1. The highest BCUT2D eigenvalue weighted by Gasteiger charge is 2.15. The minimum Gasteiger partial charge on any atom is -0.352 e. The molecule has 0 bridgehead atoms. The van der Waals surface area contributed by atoms with Crippen molar-refractivity contribution in [3.05, 3.63) is 35.4 Å². The molecule has 0 aromatic heterocycles. The van der Waals surface area contributed by atoms with Gasteiger partial charge in [-0.2, -0.15) is 5.26 Å². The second-order valence-electron chi connectivity index (χ2n) is 4.55. The van der Waals surface area contributed by atoms with Crippen LogP contribution in [0.2, 0.25) is 0 Å². The summed E-state index contributed by atoms with van der Waals surface area (Å²) in [4.78, 5) is 11.8. The maximum atomic E-state index is 11.8. The fraction of sp³-hybridized carbons (Fsp3) is 0.429. The zero-order valence-electron chi connectivity index (χ0n) is 9.78. The van der Waals surface area contributed by atoms with Crippen LogP contribution in [-0.4, -0.2) is 12.5 Å². The Bertz CT molecular complexity index is 425. The van der Waals surface area contributed by atoms with Crippen LogP contribution in [0.4, 0.5) is 0 Å². The van der Waals surface area contributed by atoms with Crippen LogP contribution < -0.4 is 5.32 Å². The highest BCUT2D eigenvalue weighted by atomic mass is 16.1. The summed E-state index contributed by atoms with van der Waals surface area (Å²) in [6, 6.07) is 8.77. The zero-order valence-corrected chi connectivity index (χ0v) is 9.78. The molecule has 0 heterocycles. The third-order valence-electron chi connectivity index (χ3n) is 3.30. The van der Waals surface area contributed by atoms with Gasteiger partial charge >= 0.3 is 0 Å². The smallest absolute Gasteiger partial charge is 0.251 e. The molecule has 1 saturated carbocycles. The molecule has 1 amide bonds. The first kappa shape index (κ1) is 11.7. The minimum absolute atomic E-state index is 0.0404. The number of nitrogens with one attached hydrogen (secondary N) is 1. The van der Waals surface area contributed by atoms with Gasteiger partial charge in [-0.15, -0.1) is 0 Å². The molecule has 0 aliphatic heterocycles. The molecule has 0 saturated heterocycles. The van der Waals surface area contributed by atoms with Gasteiger partial charge in [0, 0.05) is 12.1 Å². The lowest BCUT2D eigenvalue weighted by Crippen LogP contribution is -2.28. The molecular weight excluding hydrogens is 212 g/mol. The normalized spacial score (nSPS) is 15.5. The lowest BCUT2D eigenvalue weighted by atomic mass is 10.1. The quantitative estimate of drug-likeness (QED) is 0.864. The maximum Gasteiger partial charge on any atom is 0.251 e. The van der Waals surface area contributed by atoms with Crippen molar-refractivity contribution < 1.29 is 4.79 Å². The number of hydrogen-bond acceptors (Lipinski definition) is 2. The summed E-state index contributed by atoms with van der Waals surface area (Å²) in [6.07, 6.45) is 5.04. The van der Waals surface area contributed by atoms with Gasteiger partial charge < -0.3 is 5.32 Å². The van der Waals surface area contributed by atoms with Crippen molar-refractivity contribution in [1.29, 1.82) is 5.26 Å². The summed E-state index contributed by atoms with van der Waals surface area (Å²) >= 11 is 0. The van der Waals surface area contributed by atoms with Gasteiger partial charge in [0.15, 0.2) is 0 Å². The Morgan fingerprint density at radius 1 is 1.29 bits per heavy atom. The number of rotatable bonds is 3. The Balaban J connectivity index is 1.88. The van der Waals surface area contributed by atoms with Crippen molar-refractivity contribution in [1.82, 2.24) is 5.32 Å². The molecule has 0 radical (unpaired) electrons. The molecule has 0 spiro atoms. The second-order valence-corrected chi connectivity index (χ2v) is 4.55. The Hall–Kier alpha value is -1.82. The summed E-state index contributed by atoms with van der Waals surface area (Å²) in [7, 11) is 0. The molecule has 3 nitrogen and oxygen atoms in total. The van der Waals surface area contributed by atoms with Crippen LogP contribution in [0.3, 0.4) is 0 Å². The van der Waals surface area contributed by atoms with Crippen molar-refractivity contribution in [3.63, 3.8) is 0 Å². The van der Waals surface area contributed by atoms with Crippen LogP contribution in [0, 0.1) is 17.2 Å². The topological polar surface area (TPSA) is 52.9 Å². The van der Waals surface area contributed by atoms with E-state index in [0.29, 0.717) is 17.0 Å². The first-order valence-electron chi connectivity index (χ1n) is 6.08. The van der Waals surface area contributed by atoms with Crippen LogP contribution in [0.5, 0.6) is 0 Å². The Labute approximate surface area is 101 Å². The zero-order chi connectivity index (χ0) is 12.1. The van der Waals surface area contributed by atoms with Gasteiger partial charge in [-0.25, -0.2) is 0 Å². The molecule has 1 aliphatic rings. The molecular formula is C14H16N2O. The molecule has 1 N–H and O–H groups in total. The van der Waals surface area contributed by atoms with Gasteiger partial charge in [-0.3, -0.25) is 4.79 Å². The second kappa shape index (κ2) is 5.49. The third-order valence-corrected chi connectivity index (χ3v) is 3.30. The lowest BCUT2D eigenvalue weighted by molar-refractivity contribution is 0.0947. The van der Waals surface area contributed by atoms with Gasteiger partial charge in [-0.1, -0.05) is 12.8 Å². The van der Waals surface area contributed by atoms with Gasteiger partial charge in [0.1, 0.15) is 0 Å². The largest absolute Gasteiger partial charge is 0.352 e. The van der Waals surface area contributed by atoms with E-state index in [0.717, 1.165) is 6.54 Å². The van der Waals surface area contributed by atoms with Crippen LogP contribution in [-0.2, 0) is 0 Å². The highest BCUT2D eigenvalue weighted by molar-refractivity contribution is 5.94. The molecule has 88 valence electrons. The Morgan fingerprint density at radius 2 is 1.94 bits per heavy atom. The maximum absolute atomic E-state index is 11.8. The number of carbonyl (C=O) groups is 1. The van der Waals surface area contributed by atoms with E-state index in [-0.39, 0.29) is 5.91 Å². The number of nitrogens with zero attached hydrogens (tertiary/aromatic N) is 1. The van der Waals surface area contributed by atoms with Gasteiger partial charge in [-0.05, 0) is 43.0 Å². The number of amides is 1. The number of carbonyl (C=O) groups excluding carboxylic acids is 1. The van der Waals surface area contributed by atoms with E-state index < -0.39 is 0 Å². The number of benzene rings is 1. The fourth-order valence-electron chi connectivity index (χ4n) is 2.25. The summed E-state index contributed by atoms with van der Waals surface area (Å²) < 4.78 is 0. The van der Waals surface area contributed by atoms with Crippen molar-refractivity contribution in [2.24, 2.45) is 5.92 Å². The minimum atomic E-state index is -0.0404. The molecule has 3 heteroatoms. The first-order valence-corrected chi connectivity index (χ1v) is 6.08. The van der Waals surface area contributed by atoms with Gasteiger partial charge in [0.05, 0.1) is 11.6 Å². The van der Waals surface area contributed by atoms with Crippen LogP contribution in [0.15, 0.2) is 24.3 Å². The monoisotopic (exact) mass is 228 g/mol. The van der Waals surface area contributed by atoms with E-state index in [1.807, 2.05) is 6.07 Å². The molecule has 0 atom stereocenters. The van der Waals surface area contributed by atoms with E-state index in [9.17, 15) is 4.79 Å². The lowest BCUT2D eigenvalue weighted by Gasteiger charge is -2.10. The third kappa shape index (κ3) is 3.07. The van der Waals surface area contributed by atoms with Crippen molar-refractivity contribution >= 4 is 5.91 Å². The van der Waals surface area contributed by atoms with Crippen molar-refractivity contribution in [2.75, 3.05) is 6.54 Å².